The van der Waals surface area contributed by atoms with Gasteiger partial charge >= 0.3 is 7.12 Å². The van der Waals surface area contributed by atoms with Crippen LogP contribution in [0.2, 0.25) is 0 Å². The first-order valence-corrected chi connectivity index (χ1v) is 6.67. The summed E-state index contributed by atoms with van der Waals surface area (Å²) >= 11 is 0. The zero-order valence-corrected chi connectivity index (χ0v) is 12.9. The van der Waals surface area contributed by atoms with Crippen LogP contribution in [0.15, 0.2) is 18.5 Å². The lowest BCUT2D eigenvalue weighted by atomic mass is 9.77. The number of rotatable bonds is 2. The molecule has 0 atom stereocenters. The van der Waals surface area contributed by atoms with Crippen molar-refractivity contribution in [3.05, 3.63) is 24.0 Å². The van der Waals surface area contributed by atoms with Crippen molar-refractivity contribution in [3.63, 3.8) is 0 Å². The number of amides is 1. The summed E-state index contributed by atoms with van der Waals surface area (Å²) in [5, 5.41) is 0. The Morgan fingerprint density at radius 3 is 2.25 bits per heavy atom. The Balaban J connectivity index is 2.39. The zero-order chi connectivity index (χ0) is 15.1. The van der Waals surface area contributed by atoms with Crippen LogP contribution in [-0.2, 0) is 9.31 Å². The van der Waals surface area contributed by atoms with E-state index in [1.54, 1.807) is 32.6 Å². The number of pyridine rings is 1. The van der Waals surface area contributed by atoms with Crippen molar-refractivity contribution in [1.29, 1.82) is 0 Å². The van der Waals surface area contributed by atoms with Crippen molar-refractivity contribution >= 4 is 18.5 Å². The highest BCUT2D eigenvalue weighted by molar-refractivity contribution is 6.63. The van der Waals surface area contributed by atoms with Gasteiger partial charge in [0.15, 0.2) is 0 Å². The fourth-order valence-corrected chi connectivity index (χ4v) is 2.00. The molecule has 1 fully saturated rings. The molecule has 0 unspecified atom stereocenters. The smallest absolute Gasteiger partial charge is 0.399 e. The molecule has 108 valence electrons. The summed E-state index contributed by atoms with van der Waals surface area (Å²) < 4.78 is 12.0. The van der Waals surface area contributed by atoms with Gasteiger partial charge in [-0.2, -0.15) is 0 Å². The van der Waals surface area contributed by atoms with E-state index in [0.717, 1.165) is 0 Å². The van der Waals surface area contributed by atoms with Crippen LogP contribution < -0.4 is 5.46 Å². The van der Waals surface area contributed by atoms with Crippen LogP contribution in [-0.4, -0.2) is 48.2 Å². The maximum Gasteiger partial charge on any atom is 0.497 e. The Morgan fingerprint density at radius 2 is 1.75 bits per heavy atom. The van der Waals surface area contributed by atoms with E-state index in [1.165, 1.54) is 4.90 Å². The molecule has 1 amide bonds. The lowest BCUT2D eigenvalue weighted by molar-refractivity contribution is 0.00578. The van der Waals surface area contributed by atoms with Crippen molar-refractivity contribution in [3.8, 4) is 0 Å². The van der Waals surface area contributed by atoms with Crippen LogP contribution >= 0.6 is 0 Å². The molecule has 1 aliphatic heterocycles. The fourth-order valence-electron chi connectivity index (χ4n) is 2.00. The zero-order valence-electron chi connectivity index (χ0n) is 12.9. The standard InChI is InChI=1S/C14H21BN2O3/c1-13(2)14(3,4)20-15(19-13)11-9-16-8-7-10(11)12(18)17(5)6/h7-9H,1-6H3. The average molecular weight is 276 g/mol. The van der Waals surface area contributed by atoms with E-state index in [4.69, 9.17) is 9.31 Å². The summed E-state index contributed by atoms with van der Waals surface area (Å²) in [6.45, 7) is 7.93. The van der Waals surface area contributed by atoms with Crippen LogP contribution in [0.25, 0.3) is 0 Å². The average Bonchev–Trinajstić information content (AvgIpc) is 2.57. The second-order valence-corrected chi connectivity index (χ2v) is 6.25. The third-order valence-corrected chi connectivity index (χ3v) is 4.00. The molecular weight excluding hydrogens is 255 g/mol. The number of hydrogen-bond donors (Lipinski definition) is 0. The molecular formula is C14H21BN2O3. The molecule has 1 aliphatic rings. The van der Waals surface area contributed by atoms with Gasteiger partial charge in [-0.25, -0.2) is 0 Å². The maximum absolute atomic E-state index is 12.2. The van der Waals surface area contributed by atoms with Gasteiger partial charge in [-0.3, -0.25) is 9.78 Å². The van der Waals surface area contributed by atoms with Gasteiger partial charge in [0.2, 0.25) is 0 Å². The summed E-state index contributed by atoms with van der Waals surface area (Å²) in [6.07, 6.45) is 3.24. The van der Waals surface area contributed by atoms with Gasteiger partial charge < -0.3 is 14.2 Å². The molecule has 1 saturated heterocycles. The Morgan fingerprint density at radius 1 is 1.20 bits per heavy atom. The molecule has 20 heavy (non-hydrogen) atoms. The number of aromatic nitrogens is 1. The minimum Gasteiger partial charge on any atom is -0.399 e. The molecule has 0 saturated carbocycles. The van der Waals surface area contributed by atoms with Gasteiger partial charge in [-0.15, -0.1) is 0 Å². The molecule has 0 bridgehead atoms. The minimum absolute atomic E-state index is 0.0860. The number of hydrogen-bond acceptors (Lipinski definition) is 4. The van der Waals surface area contributed by atoms with E-state index < -0.39 is 18.3 Å². The van der Waals surface area contributed by atoms with E-state index in [1.807, 2.05) is 27.7 Å². The molecule has 1 aromatic rings. The quantitative estimate of drug-likeness (QED) is 0.758. The summed E-state index contributed by atoms with van der Waals surface area (Å²) in [4.78, 5) is 17.9. The van der Waals surface area contributed by atoms with Gasteiger partial charge in [0.1, 0.15) is 0 Å². The molecule has 1 aromatic heterocycles. The van der Waals surface area contributed by atoms with Gasteiger partial charge in [-0.05, 0) is 33.8 Å². The highest BCUT2D eigenvalue weighted by atomic mass is 16.7. The second kappa shape index (κ2) is 4.86. The normalized spacial score (nSPS) is 20.0. The Hall–Kier alpha value is -1.40. The minimum atomic E-state index is -0.576. The molecule has 5 nitrogen and oxygen atoms in total. The van der Waals surface area contributed by atoms with Crippen LogP contribution in [0.5, 0.6) is 0 Å². The lowest BCUT2D eigenvalue weighted by Gasteiger charge is -2.32. The summed E-state index contributed by atoms with van der Waals surface area (Å²) in [6, 6.07) is 1.70. The predicted octanol–water partition coefficient (Wildman–Crippen LogP) is 1.08. The van der Waals surface area contributed by atoms with Gasteiger partial charge in [0.05, 0.1) is 11.2 Å². The molecule has 0 spiro atoms. The largest absolute Gasteiger partial charge is 0.497 e. The van der Waals surface area contributed by atoms with Crippen molar-refractivity contribution in [1.82, 2.24) is 9.88 Å². The summed E-state index contributed by atoms with van der Waals surface area (Å²) in [5.41, 5.74) is 0.353. The topological polar surface area (TPSA) is 51.7 Å². The van der Waals surface area contributed by atoms with Crippen molar-refractivity contribution in [2.75, 3.05) is 14.1 Å². The molecule has 0 N–H and O–H groups in total. The van der Waals surface area contributed by atoms with E-state index >= 15 is 0 Å². The third kappa shape index (κ3) is 2.45. The third-order valence-electron chi connectivity index (χ3n) is 4.00. The SMILES string of the molecule is CN(C)C(=O)c1ccncc1B1OC(C)(C)C(C)(C)O1. The van der Waals surface area contributed by atoms with Crippen LogP contribution in [0.3, 0.4) is 0 Å². The van der Waals surface area contributed by atoms with E-state index in [0.29, 0.717) is 11.0 Å². The van der Waals surface area contributed by atoms with Gasteiger partial charge in [0, 0.05) is 37.5 Å². The summed E-state index contributed by atoms with van der Waals surface area (Å²) in [5.74, 6) is -0.0860. The molecule has 6 heteroatoms. The van der Waals surface area contributed by atoms with E-state index in [-0.39, 0.29) is 5.91 Å². The monoisotopic (exact) mass is 276 g/mol. The summed E-state index contributed by atoms with van der Waals surface area (Å²) in [7, 11) is 2.86. The van der Waals surface area contributed by atoms with Gasteiger partial charge in [0.25, 0.3) is 5.91 Å². The lowest BCUT2D eigenvalue weighted by Crippen LogP contribution is -2.41. The second-order valence-electron chi connectivity index (χ2n) is 6.25. The molecule has 0 aromatic carbocycles. The highest BCUT2D eigenvalue weighted by Gasteiger charge is 2.52. The first kappa shape index (κ1) is 15.0. The molecule has 0 radical (unpaired) electrons. The van der Waals surface area contributed by atoms with Crippen LogP contribution in [0.4, 0.5) is 0 Å². The highest BCUT2D eigenvalue weighted by Crippen LogP contribution is 2.36. The van der Waals surface area contributed by atoms with E-state index in [9.17, 15) is 4.79 Å². The fraction of sp³-hybridized carbons (Fsp3) is 0.571. The number of carbonyl (C=O) groups is 1. The molecule has 2 rings (SSSR count). The maximum atomic E-state index is 12.2. The van der Waals surface area contributed by atoms with Crippen LogP contribution in [0, 0.1) is 0 Å². The van der Waals surface area contributed by atoms with Gasteiger partial charge in [-0.1, -0.05) is 0 Å². The Labute approximate surface area is 120 Å². The molecule has 0 aliphatic carbocycles. The Kier molecular flexibility index (Phi) is 3.65. The van der Waals surface area contributed by atoms with Crippen LogP contribution in [0.1, 0.15) is 38.1 Å². The molecule has 2 heterocycles. The van der Waals surface area contributed by atoms with E-state index in [2.05, 4.69) is 4.98 Å². The number of nitrogens with zero attached hydrogens (tertiary/aromatic N) is 2. The van der Waals surface area contributed by atoms with Crippen molar-refractivity contribution in [2.24, 2.45) is 0 Å². The first-order chi connectivity index (χ1) is 9.16. The van der Waals surface area contributed by atoms with Crippen molar-refractivity contribution < 1.29 is 14.1 Å². The number of carbonyl (C=O) groups excluding carboxylic acids is 1. The predicted molar refractivity (Wildman–Crippen MR) is 78.0 cm³/mol. The Bertz CT molecular complexity index is 513. The first-order valence-electron chi connectivity index (χ1n) is 6.67. The van der Waals surface area contributed by atoms with Crippen molar-refractivity contribution in [2.45, 2.75) is 38.9 Å².